The molecule has 0 saturated heterocycles. The van der Waals surface area contributed by atoms with Gasteiger partial charge in [0.2, 0.25) is 0 Å². The number of hydrogen-bond donors (Lipinski definition) is 0. The van der Waals surface area contributed by atoms with Crippen LogP contribution in [-0.2, 0) is 0 Å². The van der Waals surface area contributed by atoms with Crippen molar-refractivity contribution in [1.29, 1.82) is 5.26 Å². The van der Waals surface area contributed by atoms with Gasteiger partial charge in [-0.1, -0.05) is 44.2 Å². The normalized spacial score (nSPS) is 11.8. The Morgan fingerprint density at radius 3 is 2.57 bits per heavy atom. The van der Waals surface area contributed by atoms with Crippen LogP contribution in [-0.4, -0.2) is 13.7 Å². The fraction of sp³-hybridized carbons (Fsp3) is 0.350. The first-order valence-corrected chi connectivity index (χ1v) is 7.91. The minimum atomic E-state index is -0.237. The summed E-state index contributed by atoms with van der Waals surface area (Å²) >= 11 is 0. The Morgan fingerprint density at radius 1 is 1.09 bits per heavy atom. The Kier molecular flexibility index (Phi) is 6.05. The molecule has 3 heteroatoms. The molecule has 1 atom stereocenters. The highest BCUT2D eigenvalue weighted by Crippen LogP contribution is 2.28. The second kappa shape index (κ2) is 8.24. The Hall–Kier alpha value is -2.47. The lowest BCUT2D eigenvalue weighted by Gasteiger charge is -2.14. The molecular weight excluding hydrogens is 286 g/mol. The van der Waals surface area contributed by atoms with E-state index in [2.05, 4.69) is 32.0 Å². The first-order valence-electron chi connectivity index (χ1n) is 7.91. The van der Waals surface area contributed by atoms with E-state index in [1.165, 1.54) is 5.56 Å². The van der Waals surface area contributed by atoms with Gasteiger partial charge in [-0.3, -0.25) is 0 Å². The van der Waals surface area contributed by atoms with Crippen LogP contribution in [0, 0.1) is 11.3 Å². The van der Waals surface area contributed by atoms with E-state index >= 15 is 0 Å². The summed E-state index contributed by atoms with van der Waals surface area (Å²) in [6.45, 7) is 4.82. The summed E-state index contributed by atoms with van der Waals surface area (Å²) in [5.41, 5.74) is 2.17. The zero-order valence-corrected chi connectivity index (χ0v) is 14.0. The van der Waals surface area contributed by atoms with E-state index in [9.17, 15) is 5.26 Å². The molecule has 0 amide bonds. The predicted molar refractivity (Wildman–Crippen MR) is 92.0 cm³/mol. The topological polar surface area (TPSA) is 42.2 Å². The number of methoxy groups -OCH3 is 1. The van der Waals surface area contributed by atoms with E-state index in [1.54, 1.807) is 7.11 Å². The molecule has 0 radical (unpaired) electrons. The maximum atomic E-state index is 9.45. The van der Waals surface area contributed by atoms with Crippen molar-refractivity contribution in [3.63, 3.8) is 0 Å². The van der Waals surface area contributed by atoms with Crippen LogP contribution in [0.1, 0.15) is 43.2 Å². The van der Waals surface area contributed by atoms with Gasteiger partial charge in [-0.15, -0.1) is 0 Å². The average molecular weight is 309 g/mol. The van der Waals surface area contributed by atoms with Crippen LogP contribution in [0.3, 0.4) is 0 Å². The largest absolute Gasteiger partial charge is 0.496 e. The van der Waals surface area contributed by atoms with Gasteiger partial charge in [0.05, 0.1) is 25.7 Å². The summed E-state index contributed by atoms with van der Waals surface area (Å²) in [6.07, 6.45) is 0.628. The lowest BCUT2D eigenvalue weighted by Crippen LogP contribution is -2.06. The second-order valence-electron chi connectivity index (χ2n) is 5.79. The SMILES string of the molecule is COc1ccccc1C(C#N)CCOc1cccc(C(C)C)c1. The predicted octanol–water partition coefficient (Wildman–Crippen LogP) is 4.89. The van der Waals surface area contributed by atoms with Crippen molar-refractivity contribution in [1.82, 2.24) is 0 Å². The van der Waals surface area contributed by atoms with Crippen molar-refractivity contribution in [2.24, 2.45) is 0 Å². The van der Waals surface area contributed by atoms with Crippen LogP contribution in [0.4, 0.5) is 0 Å². The smallest absolute Gasteiger partial charge is 0.123 e. The molecular formula is C20H23NO2. The van der Waals surface area contributed by atoms with Gasteiger partial charge in [-0.25, -0.2) is 0 Å². The molecule has 0 aromatic heterocycles. The van der Waals surface area contributed by atoms with Gasteiger partial charge < -0.3 is 9.47 Å². The van der Waals surface area contributed by atoms with E-state index in [1.807, 2.05) is 36.4 Å². The average Bonchev–Trinajstić information content (AvgIpc) is 2.59. The molecule has 120 valence electrons. The second-order valence-corrected chi connectivity index (χ2v) is 5.79. The third-order valence-corrected chi connectivity index (χ3v) is 3.87. The first-order chi connectivity index (χ1) is 11.2. The van der Waals surface area contributed by atoms with Gasteiger partial charge in [0.25, 0.3) is 0 Å². The van der Waals surface area contributed by atoms with Crippen LogP contribution >= 0.6 is 0 Å². The lowest BCUT2D eigenvalue weighted by atomic mass is 9.96. The van der Waals surface area contributed by atoms with Crippen LogP contribution in [0.5, 0.6) is 11.5 Å². The summed E-state index contributed by atoms with van der Waals surface area (Å²) < 4.78 is 11.2. The third kappa shape index (κ3) is 4.50. The highest BCUT2D eigenvalue weighted by molar-refractivity contribution is 5.39. The monoisotopic (exact) mass is 309 g/mol. The van der Waals surface area contributed by atoms with Gasteiger partial charge >= 0.3 is 0 Å². The zero-order chi connectivity index (χ0) is 16.7. The lowest BCUT2D eigenvalue weighted by molar-refractivity contribution is 0.304. The van der Waals surface area contributed by atoms with Crippen LogP contribution < -0.4 is 9.47 Å². The first kappa shape index (κ1) is 16.9. The van der Waals surface area contributed by atoms with E-state index in [0.29, 0.717) is 18.9 Å². The molecule has 23 heavy (non-hydrogen) atoms. The molecule has 1 unspecified atom stereocenters. The van der Waals surface area contributed by atoms with Crippen molar-refractivity contribution in [2.75, 3.05) is 13.7 Å². The summed E-state index contributed by atoms with van der Waals surface area (Å²) in [4.78, 5) is 0. The van der Waals surface area contributed by atoms with Crippen molar-refractivity contribution < 1.29 is 9.47 Å². The molecule has 2 rings (SSSR count). The van der Waals surface area contributed by atoms with Gasteiger partial charge in [0.15, 0.2) is 0 Å². The molecule has 0 heterocycles. The van der Waals surface area contributed by atoms with Crippen LogP contribution in [0.25, 0.3) is 0 Å². The summed E-state index contributed by atoms with van der Waals surface area (Å²) in [6, 6.07) is 18.1. The molecule has 2 aromatic carbocycles. The quantitative estimate of drug-likeness (QED) is 0.731. The molecule has 0 N–H and O–H groups in total. The fourth-order valence-electron chi connectivity index (χ4n) is 2.50. The van der Waals surface area contributed by atoms with Gasteiger partial charge in [0, 0.05) is 12.0 Å². The number of nitriles is 1. The highest BCUT2D eigenvalue weighted by Gasteiger charge is 2.15. The highest BCUT2D eigenvalue weighted by atomic mass is 16.5. The molecule has 0 spiro atoms. The molecule has 0 aliphatic heterocycles. The summed E-state index contributed by atoms with van der Waals surface area (Å²) in [7, 11) is 1.63. The molecule has 0 aliphatic rings. The van der Waals surface area contributed by atoms with Crippen molar-refractivity contribution >= 4 is 0 Å². The Bertz CT molecular complexity index is 673. The minimum Gasteiger partial charge on any atom is -0.496 e. The number of hydrogen-bond acceptors (Lipinski definition) is 3. The number of benzene rings is 2. The molecule has 3 nitrogen and oxygen atoms in total. The van der Waals surface area contributed by atoms with Crippen molar-refractivity contribution in [2.45, 2.75) is 32.1 Å². The Morgan fingerprint density at radius 2 is 1.87 bits per heavy atom. The molecule has 0 bridgehead atoms. The number of rotatable bonds is 7. The zero-order valence-electron chi connectivity index (χ0n) is 14.0. The number of para-hydroxylation sites is 1. The van der Waals surface area contributed by atoms with Gasteiger partial charge in [0.1, 0.15) is 11.5 Å². The van der Waals surface area contributed by atoms with E-state index in [0.717, 1.165) is 17.1 Å². The van der Waals surface area contributed by atoms with E-state index in [-0.39, 0.29) is 5.92 Å². The minimum absolute atomic E-state index is 0.237. The molecule has 0 saturated carbocycles. The molecule has 0 fully saturated rings. The standard InChI is InChI=1S/C20H23NO2/c1-15(2)16-7-6-8-18(13-16)23-12-11-17(14-21)19-9-4-5-10-20(19)22-3/h4-10,13,15,17H,11-12H2,1-3H3. The Balaban J connectivity index is 1.99. The maximum absolute atomic E-state index is 9.45. The third-order valence-electron chi connectivity index (χ3n) is 3.87. The number of nitrogens with zero attached hydrogens (tertiary/aromatic N) is 1. The summed E-state index contributed by atoms with van der Waals surface area (Å²) in [5.74, 6) is 1.84. The number of ether oxygens (including phenoxy) is 2. The molecule has 0 aliphatic carbocycles. The molecule has 2 aromatic rings. The van der Waals surface area contributed by atoms with E-state index in [4.69, 9.17) is 9.47 Å². The summed E-state index contributed by atoms with van der Waals surface area (Å²) in [5, 5.41) is 9.45. The van der Waals surface area contributed by atoms with Crippen molar-refractivity contribution in [3.8, 4) is 17.6 Å². The maximum Gasteiger partial charge on any atom is 0.123 e. The van der Waals surface area contributed by atoms with Gasteiger partial charge in [-0.05, 0) is 29.7 Å². The van der Waals surface area contributed by atoms with Gasteiger partial charge in [-0.2, -0.15) is 5.26 Å². The fourth-order valence-corrected chi connectivity index (χ4v) is 2.50. The van der Waals surface area contributed by atoms with Crippen molar-refractivity contribution in [3.05, 3.63) is 59.7 Å². The van der Waals surface area contributed by atoms with Crippen LogP contribution in [0.15, 0.2) is 48.5 Å². The van der Waals surface area contributed by atoms with Crippen LogP contribution in [0.2, 0.25) is 0 Å². The van der Waals surface area contributed by atoms with E-state index < -0.39 is 0 Å². The Labute approximate surface area is 138 Å².